The molecule has 0 unspecified atom stereocenters. The molecule has 4 aromatic carbocycles. The van der Waals surface area contributed by atoms with Crippen LogP contribution in [-0.2, 0) is 13.5 Å². The van der Waals surface area contributed by atoms with Gasteiger partial charge in [0.05, 0.1) is 19.0 Å². The molecule has 0 saturated heterocycles. The molecule has 0 bridgehead atoms. The summed E-state index contributed by atoms with van der Waals surface area (Å²) in [6.45, 7) is 16.3. The Morgan fingerprint density at radius 1 is 0.833 bits per heavy atom. The standard InChI is InChI=1S/C33H36NOSi/c1-19(2)15-22-9-12-25-21(4)33-30(20(3)27(25)16-22)32-31-26(13-14-34(32)5)28-18-24(36(6,7)8)11-10-23(28)17-29(31)35-33/h9-14,16-19H,15H2,1-8H3/q+1. The molecule has 182 valence electrons. The van der Waals surface area contributed by atoms with Gasteiger partial charge in [-0.1, -0.05) is 75.1 Å². The van der Waals surface area contributed by atoms with E-state index in [0.29, 0.717) is 5.92 Å². The average Bonchev–Trinajstić information content (AvgIpc) is 2.82. The first-order chi connectivity index (χ1) is 17.0. The van der Waals surface area contributed by atoms with E-state index in [1.807, 2.05) is 0 Å². The molecule has 2 nitrogen and oxygen atoms in total. The highest BCUT2D eigenvalue weighted by Gasteiger charge is 2.32. The van der Waals surface area contributed by atoms with E-state index in [1.165, 1.54) is 65.5 Å². The predicted octanol–water partition coefficient (Wildman–Crippen LogP) is 8.10. The Labute approximate surface area is 215 Å². The van der Waals surface area contributed by atoms with Crippen LogP contribution in [0.15, 0.2) is 54.7 Å². The molecule has 0 N–H and O–H groups in total. The highest BCUT2D eigenvalue weighted by atomic mass is 28.3. The van der Waals surface area contributed by atoms with Gasteiger partial charge in [0.15, 0.2) is 6.20 Å². The summed E-state index contributed by atoms with van der Waals surface area (Å²) in [4.78, 5) is 0. The molecule has 3 heteroatoms. The smallest absolute Gasteiger partial charge is 0.228 e. The Hall–Kier alpha value is -3.17. The number of ether oxygens (including phenoxy) is 1. The number of hydrogen-bond donors (Lipinski definition) is 0. The van der Waals surface area contributed by atoms with E-state index in [2.05, 4.69) is 114 Å². The molecule has 0 atom stereocenters. The summed E-state index contributed by atoms with van der Waals surface area (Å²) in [5.74, 6) is 2.61. The van der Waals surface area contributed by atoms with Crippen LogP contribution in [0.4, 0.5) is 0 Å². The molecule has 1 aliphatic heterocycles. The van der Waals surface area contributed by atoms with Crippen molar-refractivity contribution in [1.82, 2.24) is 0 Å². The monoisotopic (exact) mass is 490 g/mol. The third kappa shape index (κ3) is 3.40. The normalized spacial score (nSPS) is 13.0. The molecule has 0 fully saturated rings. The highest BCUT2D eigenvalue weighted by Crippen LogP contribution is 2.51. The summed E-state index contributed by atoms with van der Waals surface area (Å²) in [5, 5.41) is 9.22. The van der Waals surface area contributed by atoms with E-state index in [-0.39, 0.29) is 0 Å². The second-order valence-electron chi connectivity index (χ2n) is 12.2. The third-order valence-electron chi connectivity index (χ3n) is 7.99. The van der Waals surface area contributed by atoms with E-state index >= 15 is 0 Å². The van der Waals surface area contributed by atoms with Crippen LogP contribution in [0.1, 0.15) is 30.5 Å². The van der Waals surface area contributed by atoms with Crippen LogP contribution in [0.3, 0.4) is 0 Å². The predicted molar refractivity (Wildman–Crippen MR) is 157 cm³/mol. The van der Waals surface area contributed by atoms with Gasteiger partial charge in [-0.05, 0) is 64.9 Å². The maximum absolute atomic E-state index is 6.82. The first-order valence-corrected chi connectivity index (χ1v) is 16.7. The van der Waals surface area contributed by atoms with Gasteiger partial charge in [-0.25, -0.2) is 4.57 Å². The second-order valence-corrected chi connectivity index (χ2v) is 17.2. The lowest BCUT2D eigenvalue weighted by Crippen LogP contribution is -2.37. The van der Waals surface area contributed by atoms with Gasteiger partial charge in [0.2, 0.25) is 5.69 Å². The van der Waals surface area contributed by atoms with E-state index in [9.17, 15) is 0 Å². The van der Waals surface area contributed by atoms with Crippen LogP contribution in [0.2, 0.25) is 19.6 Å². The Morgan fingerprint density at radius 2 is 1.61 bits per heavy atom. The van der Waals surface area contributed by atoms with Gasteiger partial charge < -0.3 is 4.74 Å². The van der Waals surface area contributed by atoms with Crippen molar-refractivity contribution in [2.24, 2.45) is 13.0 Å². The number of pyridine rings is 1. The Balaban J connectivity index is 1.72. The summed E-state index contributed by atoms with van der Waals surface area (Å²) >= 11 is 0. The molecular weight excluding hydrogens is 454 g/mol. The molecule has 5 aromatic rings. The number of aromatic nitrogens is 1. The largest absolute Gasteiger partial charge is 0.455 e. The molecule has 0 spiro atoms. The van der Waals surface area contributed by atoms with Crippen LogP contribution in [0.25, 0.3) is 43.6 Å². The fourth-order valence-corrected chi connectivity index (χ4v) is 7.22. The van der Waals surface area contributed by atoms with Crippen LogP contribution in [0.5, 0.6) is 11.5 Å². The first kappa shape index (κ1) is 23.2. The zero-order chi connectivity index (χ0) is 25.5. The molecule has 2 heterocycles. The van der Waals surface area contributed by atoms with Crippen LogP contribution < -0.4 is 14.5 Å². The summed E-state index contributed by atoms with van der Waals surface area (Å²) in [7, 11) is 0.742. The quantitative estimate of drug-likeness (QED) is 0.139. The van der Waals surface area contributed by atoms with E-state index in [1.54, 1.807) is 0 Å². The second kappa shape index (κ2) is 7.91. The lowest BCUT2D eigenvalue weighted by molar-refractivity contribution is -0.659. The number of benzene rings is 4. The van der Waals surface area contributed by atoms with Crippen molar-refractivity contribution < 1.29 is 9.30 Å². The van der Waals surface area contributed by atoms with Gasteiger partial charge in [-0.3, -0.25) is 0 Å². The molecule has 6 rings (SSSR count). The molecule has 0 amide bonds. The summed E-state index contributed by atoms with van der Waals surface area (Å²) in [6.07, 6.45) is 3.32. The highest BCUT2D eigenvalue weighted by molar-refractivity contribution is 6.88. The summed E-state index contributed by atoms with van der Waals surface area (Å²) in [5.41, 5.74) is 6.44. The Morgan fingerprint density at radius 3 is 2.33 bits per heavy atom. The van der Waals surface area contributed by atoms with Crippen molar-refractivity contribution in [2.75, 3.05) is 0 Å². The topological polar surface area (TPSA) is 13.1 Å². The van der Waals surface area contributed by atoms with E-state index in [4.69, 9.17) is 4.74 Å². The molecule has 0 saturated carbocycles. The van der Waals surface area contributed by atoms with Gasteiger partial charge in [-0.2, -0.15) is 0 Å². The van der Waals surface area contributed by atoms with Crippen molar-refractivity contribution in [3.63, 3.8) is 0 Å². The zero-order valence-electron chi connectivity index (χ0n) is 22.8. The van der Waals surface area contributed by atoms with Crippen molar-refractivity contribution >= 4 is 45.6 Å². The number of rotatable bonds is 3. The number of hydrogen-bond acceptors (Lipinski definition) is 1. The van der Waals surface area contributed by atoms with Crippen molar-refractivity contribution in [1.29, 1.82) is 0 Å². The minimum absolute atomic E-state index is 0.637. The van der Waals surface area contributed by atoms with Crippen molar-refractivity contribution in [3.05, 3.63) is 71.4 Å². The van der Waals surface area contributed by atoms with Gasteiger partial charge in [0.25, 0.3) is 0 Å². The van der Waals surface area contributed by atoms with Crippen LogP contribution >= 0.6 is 0 Å². The van der Waals surface area contributed by atoms with Crippen molar-refractivity contribution in [3.8, 4) is 22.8 Å². The lowest BCUT2D eigenvalue weighted by Gasteiger charge is -2.25. The summed E-state index contributed by atoms with van der Waals surface area (Å²) < 4.78 is 9.11. The van der Waals surface area contributed by atoms with Gasteiger partial charge in [0.1, 0.15) is 18.5 Å². The number of aryl methyl sites for hydroxylation is 3. The first-order valence-electron chi connectivity index (χ1n) is 13.2. The summed E-state index contributed by atoms with van der Waals surface area (Å²) in [6, 6.07) is 18.6. The maximum Gasteiger partial charge on any atom is 0.228 e. The van der Waals surface area contributed by atoms with E-state index in [0.717, 1.165) is 17.9 Å². The molecule has 0 aliphatic carbocycles. The lowest BCUT2D eigenvalue weighted by atomic mass is 9.87. The number of nitrogens with zero attached hydrogens (tertiary/aromatic N) is 1. The molecule has 0 radical (unpaired) electrons. The molecular formula is C33H36NOSi+. The zero-order valence-corrected chi connectivity index (χ0v) is 23.8. The van der Waals surface area contributed by atoms with Crippen molar-refractivity contribution in [2.45, 2.75) is 53.8 Å². The SMILES string of the molecule is Cc1c2c(c(C)c3cc(CC(C)C)ccc13)-c1c3c(cc4ccc([Si](C)(C)C)cc4c3cc[n+]1C)O2. The minimum atomic E-state index is -1.43. The fraction of sp³-hybridized carbons (Fsp3) is 0.303. The van der Waals surface area contributed by atoms with Gasteiger partial charge in [-0.15, -0.1) is 0 Å². The van der Waals surface area contributed by atoms with Gasteiger partial charge in [0, 0.05) is 17.0 Å². The van der Waals surface area contributed by atoms with Gasteiger partial charge >= 0.3 is 0 Å². The third-order valence-corrected chi connectivity index (χ3v) is 10.0. The average molecular weight is 491 g/mol. The molecule has 36 heavy (non-hydrogen) atoms. The molecule has 1 aliphatic rings. The maximum atomic E-state index is 6.82. The number of fused-ring (bicyclic) bond motifs is 5. The van der Waals surface area contributed by atoms with Crippen LogP contribution in [0, 0.1) is 19.8 Å². The van der Waals surface area contributed by atoms with Crippen LogP contribution in [-0.4, -0.2) is 8.07 Å². The minimum Gasteiger partial charge on any atom is -0.455 e. The molecule has 1 aromatic heterocycles. The van der Waals surface area contributed by atoms with E-state index < -0.39 is 8.07 Å². The fourth-order valence-electron chi connectivity index (χ4n) is 6.06. The Kier molecular flexibility index (Phi) is 5.11. The Bertz CT molecular complexity index is 1720.